The van der Waals surface area contributed by atoms with Crippen molar-refractivity contribution < 1.29 is 14.2 Å². The van der Waals surface area contributed by atoms with E-state index in [1.807, 2.05) is 11.0 Å². The number of nitrogens with zero attached hydrogens (tertiary/aromatic N) is 3. The number of piperidine rings is 1. The molecule has 0 radical (unpaired) electrons. The van der Waals surface area contributed by atoms with Crippen LogP contribution in [0.4, 0.5) is 10.2 Å². The number of benzene rings is 1. The molecule has 2 aromatic rings. The summed E-state index contributed by atoms with van der Waals surface area (Å²) in [6.45, 7) is 3.41. The summed E-state index contributed by atoms with van der Waals surface area (Å²) >= 11 is 0. The lowest BCUT2D eigenvalue weighted by Crippen LogP contribution is -2.37. The van der Waals surface area contributed by atoms with Gasteiger partial charge in [0.05, 0.1) is 19.4 Å². The van der Waals surface area contributed by atoms with Gasteiger partial charge in [-0.1, -0.05) is 6.42 Å². The number of phenolic OH excluding ortho intramolecular Hbond substituents is 1. The first-order valence-electron chi connectivity index (χ1n) is 10.1. The summed E-state index contributed by atoms with van der Waals surface area (Å²) in [5, 5.41) is 13.7. The number of nitrogens with one attached hydrogen (secondary N) is 1. The van der Waals surface area contributed by atoms with Crippen LogP contribution in [0.5, 0.6) is 5.75 Å². The molecule has 2 aliphatic heterocycles. The highest BCUT2D eigenvalue weighted by Gasteiger charge is 2.19. The summed E-state index contributed by atoms with van der Waals surface area (Å²) < 4.78 is 19.6. The van der Waals surface area contributed by atoms with E-state index in [2.05, 4.69) is 15.3 Å². The third-order valence-electron chi connectivity index (χ3n) is 5.47. The van der Waals surface area contributed by atoms with E-state index >= 15 is 0 Å². The third kappa shape index (κ3) is 4.59. The summed E-state index contributed by atoms with van der Waals surface area (Å²) in [5.74, 6) is 0.472. The summed E-state index contributed by atoms with van der Waals surface area (Å²) in [7, 11) is 0. The summed E-state index contributed by atoms with van der Waals surface area (Å²) in [6, 6.07) is 5.96. The molecule has 7 heteroatoms. The first-order chi connectivity index (χ1) is 13.7. The van der Waals surface area contributed by atoms with Gasteiger partial charge in [-0.25, -0.2) is 14.4 Å². The molecule has 28 heavy (non-hydrogen) atoms. The normalized spacial score (nSPS) is 20.3. The topological polar surface area (TPSA) is 70.5 Å². The fourth-order valence-electron chi connectivity index (χ4n) is 3.95. The Labute approximate surface area is 164 Å². The lowest BCUT2D eigenvalue weighted by Gasteiger charge is -2.28. The van der Waals surface area contributed by atoms with Crippen LogP contribution >= 0.6 is 0 Å². The average molecular weight is 386 g/mol. The van der Waals surface area contributed by atoms with E-state index in [0.29, 0.717) is 49.6 Å². The molecule has 0 bridgehead atoms. The molecule has 2 N–H and O–H groups in total. The van der Waals surface area contributed by atoms with Gasteiger partial charge in [0.2, 0.25) is 0 Å². The van der Waals surface area contributed by atoms with Crippen molar-refractivity contribution in [3.63, 3.8) is 0 Å². The number of aromatic nitrogens is 2. The van der Waals surface area contributed by atoms with Crippen LogP contribution in [-0.4, -0.2) is 54.0 Å². The molecule has 1 aromatic carbocycles. The predicted molar refractivity (Wildman–Crippen MR) is 106 cm³/mol. The molecule has 2 saturated heterocycles. The van der Waals surface area contributed by atoms with Crippen molar-refractivity contribution in [2.75, 3.05) is 37.7 Å². The first kappa shape index (κ1) is 19.1. The van der Waals surface area contributed by atoms with Gasteiger partial charge in [-0.15, -0.1) is 0 Å². The van der Waals surface area contributed by atoms with E-state index in [-0.39, 0.29) is 5.75 Å². The smallest absolute Gasteiger partial charge is 0.183 e. The molecule has 0 amide bonds. The minimum absolute atomic E-state index is 0.185. The van der Waals surface area contributed by atoms with Gasteiger partial charge >= 0.3 is 0 Å². The summed E-state index contributed by atoms with van der Waals surface area (Å²) in [6.07, 6.45) is 6.85. The Hall–Kier alpha value is -2.25. The van der Waals surface area contributed by atoms with Crippen LogP contribution in [0, 0.1) is 5.82 Å². The molecule has 6 nitrogen and oxygen atoms in total. The maximum absolute atomic E-state index is 14.3. The number of anilines is 1. The van der Waals surface area contributed by atoms with Crippen LogP contribution in [0.2, 0.25) is 0 Å². The maximum Gasteiger partial charge on any atom is 0.183 e. The van der Waals surface area contributed by atoms with Crippen molar-refractivity contribution in [2.45, 2.75) is 38.1 Å². The van der Waals surface area contributed by atoms with Crippen LogP contribution in [0.3, 0.4) is 0 Å². The van der Waals surface area contributed by atoms with Crippen LogP contribution in [0.15, 0.2) is 24.4 Å². The molecule has 150 valence electrons. The molecular formula is C21H27FN4O2. The van der Waals surface area contributed by atoms with Gasteiger partial charge in [0.15, 0.2) is 17.5 Å². The Morgan fingerprint density at radius 3 is 2.86 bits per heavy atom. The summed E-state index contributed by atoms with van der Waals surface area (Å²) in [5.41, 5.74) is 1.75. The zero-order valence-corrected chi connectivity index (χ0v) is 16.0. The van der Waals surface area contributed by atoms with Crippen molar-refractivity contribution >= 4 is 5.82 Å². The second-order valence-corrected chi connectivity index (χ2v) is 7.54. The van der Waals surface area contributed by atoms with Crippen LogP contribution < -0.4 is 10.2 Å². The Bertz CT molecular complexity index is 805. The first-order valence-corrected chi connectivity index (χ1v) is 10.1. The van der Waals surface area contributed by atoms with Crippen molar-refractivity contribution in [3.05, 3.63) is 35.8 Å². The molecule has 0 saturated carbocycles. The fourth-order valence-corrected chi connectivity index (χ4v) is 3.95. The van der Waals surface area contributed by atoms with Gasteiger partial charge in [0.1, 0.15) is 5.75 Å². The number of ether oxygens (including phenoxy) is 1. The molecule has 1 aromatic heterocycles. The number of hydrogen-bond acceptors (Lipinski definition) is 6. The molecule has 0 spiro atoms. The van der Waals surface area contributed by atoms with Gasteiger partial charge in [-0.3, -0.25) is 0 Å². The molecule has 3 heterocycles. The van der Waals surface area contributed by atoms with E-state index < -0.39 is 5.82 Å². The third-order valence-corrected chi connectivity index (χ3v) is 5.47. The average Bonchev–Trinajstić information content (AvgIpc) is 2.73. The number of aromatic hydroxyl groups is 1. The molecule has 0 aliphatic carbocycles. The largest absolute Gasteiger partial charge is 0.508 e. The Morgan fingerprint density at radius 2 is 2.07 bits per heavy atom. The lowest BCUT2D eigenvalue weighted by molar-refractivity contribution is 0.122. The van der Waals surface area contributed by atoms with Crippen LogP contribution in [0.25, 0.3) is 11.4 Å². The Morgan fingerprint density at radius 1 is 1.21 bits per heavy atom. The molecular weight excluding hydrogens is 359 g/mol. The van der Waals surface area contributed by atoms with Gasteiger partial charge < -0.3 is 20.1 Å². The fraction of sp³-hybridized carbons (Fsp3) is 0.524. The van der Waals surface area contributed by atoms with E-state index in [1.54, 1.807) is 12.1 Å². The standard InChI is InChI=1S/C21H27FN4O2/c22-19-14-24-20(25-21(19)26-7-9-28-10-8-26)16-11-15(12-18(27)13-16)4-5-17-3-1-2-6-23-17/h11-14,17,23,27H,1-10H2/t17-/m1/s1. The number of aryl methyl sites for hydroxylation is 1. The van der Waals surface area contributed by atoms with Gasteiger partial charge in [-0.05, 0) is 56.0 Å². The SMILES string of the molecule is Oc1cc(CC[C@H]2CCCCN2)cc(-c2ncc(F)c(N3CCOCC3)n2)c1. The van der Waals surface area contributed by atoms with E-state index in [1.165, 1.54) is 25.5 Å². The van der Waals surface area contributed by atoms with Crippen LogP contribution in [0.1, 0.15) is 31.2 Å². The highest BCUT2D eigenvalue weighted by atomic mass is 19.1. The van der Waals surface area contributed by atoms with Crippen molar-refractivity contribution in [2.24, 2.45) is 0 Å². The van der Waals surface area contributed by atoms with E-state index in [4.69, 9.17) is 4.74 Å². The minimum atomic E-state index is -0.436. The van der Waals surface area contributed by atoms with Crippen molar-refractivity contribution in [1.82, 2.24) is 15.3 Å². The Kier molecular flexibility index (Phi) is 6.02. The zero-order valence-electron chi connectivity index (χ0n) is 16.0. The molecule has 4 rings (SSSR count). The highest BCUT2D eigenvalue weighted by molar-refractivity contribution is 5.61. The molecule has 1 atom stereocenters. The number of morpholine rings is 1. The molecule has 2 fully saturated rings. The maximum atomic E-state index is 14.3. The highest BCUT2D eigenvalue weighted by Crippen LogP contribution is 2.27. The number of halogens is 1. The van der Waals surface area contributed by atoms with E-state index in [9.17, 15) is 9.50 Å². The summed E-state index contributed by atoms with van der Waals surface area (Å²) in [4.78, 5) is 10.5. The van der Waals surface area contributed by atoms with E-state index in [0.717, 1.165) is 24.9 Å². The monoisotopic (exact) mass is 386 g/mol. The van der Waals surface area contributed by atoms with Crippen LogP contribution in [-0.2, 0) is 11.2 Å². The lowest BCUT2D eigenvalue weighted by atomic mass is 9.97. The Balaban J connectivity index is 1.54. The van der Waals surface area contributed by atoms with Gasteiger partial charge in [0, 0.05) is 24.7 Å². The second-order valence-electron chi connectivity index (χ2n) is 7.54. The quantitative estimate of drug-likeness (QED) is 0.823. The van der Waals surface area contributed by atoms with Gasteiger partial charge in [0.25, 0.3) is 0 Å². The number of phenols is 1. The minimum Gasteiger partial charge on any atom is -0.508 e. The molecule has 0 unspecified atom stereocenters. The van der Waals surface area contributed by atoms with Crippen molar-refractivity contribution in [3.8, 4) is 17.1 Å². The van der Waals surface area contributed by atoms with Crippen molar-refractivity contribution in [1.29, 1.82) is 0 Å². The zero-order chi connectivity index (χ0) is 19.3. The predicted octanol–water partition coefficient (Wildman–Crippen LogP) is 2.90. The number of rotatable bonds is 5. The molecule has 2 aliphatic rings. The second kappa shape index (κ2) is 8.84. The van der Waals surface area contributed by atoms with Gasteiger partial charge in [-0.2, -0.15) is 0 Å². The number of hydrogen-bond donors (Lipinski definition) is 2.